The number of nitrogens with one attached hydrogen (secondary N) is 2. The lowest BCUT2D eigenvalue weighted by Gasteiger charge is -2.41. The average Bonchev–Trinajstić information content (AvgIpc) is 2.52. The zero-order chi connectivity index (χ0) is 14.8. The molecule has 0 bridgehead atoms. The number of nitrogens with zero attached hydrogens (tertiary/aromatic N) is 2. The Balaban J connectivity index is 1.65. The molecule has 3 rings (SSSR count). The molecule has 7 heteroatoms. The van der Waals surface area contributed by atoms with Gasteiger partial charge in [-0.05, 0) is 25.0 Å². The normalized spacial score (nSPS) is 25.0. The Hall–Kier alpha value is -2.44. The molecule has 1 aromatic rings. The van der Waals surface area contributed by atoms with Gasteiger partial charge in [0.25, 0.3) is 5.91 Å². The summed E-state index contributed by atoms with van der Waals surface area (Å²) in [7, 11) is 0. The summed E-state index contributed by atoms with van der Waals surface area (Å²) in [5, 5.41) is 5.50. The molecule has 2 atom stereocenters. The van der Waals surface area contributed by atoms with Gasteiger partial charge in [-0.25, -0.2) is 0 Å². The zero-order valence-electron chi connectivity index (χ0n) is 11.4. The summed E-state index contributed by atoms with van der Waals surface area (Å²) in [6.07, 6.45) is 4.23. The number of carbonyl (C=O) groups excluding carboxylic acids is 3. The molecule has 2 aliphatic heterocycles. The zero-order valence-corrected chi connectivity index (χ0v) is 11.4. The van der Waals surface area contributed by atoms with E-state index < -0.39 is 6.04 Å². The Labute approximate surface area is 121 Å². The van der Waals surface area contributed by atoms with Gasteiger partial charge in [-0.1, -0.05) is 0 Å². The van der Waals surface area contributed by atoms with Gasteiger partial charge in [0.15, 0.2) is 0 Å². The Morgan fingerprint density at radius 1 is 1.33 bits per heavy atom. The highest BCUT2D eigenvalue weighted by atomic mass is 16.2. The van der Waals surface area contributed by atoms with Crippen LogP contribution in [0.2, 0.25) is 0 Å². The van der Waals surface area contributed by atoms with E-state index in [1.165, 1.54) is 0 Å². The van der Waals surface area contributed by atoms with Crippen molar-refractivity contribution in [1.82, 2.24) is 20.5 Å². The van der Waals surface area contributed by atoms with Crippen molar-refractivity contribution in [2.45, 2.75) is 24.9 Å². The maximum Gasteiger partial charge on any atom is 0.251 e. The molecule has 7 nitrogen and oxygen atoms in total. The van der Waals surface area contributed by atoms with Crippen LogP contribution in [0.4, 0.5) is 0 Å². The number of rotatable bonds is 2. The second kappa shape index (κ2) is 5.51. The van der Waals surface area contributed by atoms with Gasteiger partial charge >= 0.3 is 0 Å². The van der Waals surface area contributed by atoms with Crippen LogP contribution in [0.1, 0.15) is 23.2 Å². The SMILES string of the molecule is O=C(N[C@H]1CCN2C(=O)CNC(=O)[C@@H]2C1)c1ccncc1. The fourth-order valence-electron chi connectivity index (χ4n) is 2.80. The van der Waals surface area contributed by atoms with Crippen molar-refractivity contribution in [3.8, 4) is 0 Å². The topological polar surface area (TPSA) is 91.4 Å². The van der Waals surface area contributed by atoms with Crippen LogP contribution in [0.5, 0.6) is 0 Å². The van der Waals surface area contributed by atoms with Crippen LogP contribution in [0.3, 0.4) is 0 Å². The number of piperidine rings is 1. The molecular formula is C14H16N4O3. The highest BCUT2D eigenvalue weighted by molar-refractivity contribution is 5.96. The standard InChI is InChI=1S/C14H16N4O3/c19-12-8-16-14(21)11-7-10(3-6-18(11)12)17-13(20)9-1-4-15-5-2-9/h1-2,4-5,10-11H,3,6-8H2,(H,16,21)(H,17,20)/t10-,11-/m0/s1. The number of fused-ring (bicyclic) bond motifs is 1. The number of pyridine rings is 1. The monoisotopic (exact) mass is 288 g/mol. The first-order chi connectivity index (χ1) is 10.1. The number of aromatic nitrogens is 1. The van der Waals surface area contributed by atoms with Gasteiger partial charge in [0.1, 0.15) is 6.04 Å². The number of carbonyl (C=O) groups is 3. The maximum atomic E-state index is 12.1. The van der Waals surface area contributed by atoms with E-state index in [1.54, 1.807) is 29.4 Å². The van der Waals surface area contributed by atoms with Crippen molar-refractivity contribution >= 4 is 17.7 Å². The smallest absolute Gasteiger partial charge is 0.251 e. The van der Waals surface area contributed by atoms with E-state index in [4.69, 9.17) is 0 Å². The van der Waals surface area contributed by atoms with E-state index in [1.807, 2.05) is 0 Å². The van der Waals surface area contributed by atoms with Crippen LogP contribution in [-0.4, -0.2) is 52.8 Å². The van der Waals surface area contributed by atoms with Crippen LogP contribution in [0.25, 0.3) is 0 Å². The second-order valence-corrected chi connectivity index (χ2v) is 5.25. The highest BCUT2D eigenvalue weighted by Gasteiger charge is 2.39. The average molecular weight is 288 g/mol. The maximum absolute atomic E-state index is 12.1. The van der Waals surface area contributed by atoms with Gasteiger partial charge in [-0.2, -0.15) is 0 Å². The lowest BCUT2D eigenvalue weighted by Crippen LogP contribution is -2.63. The van der Waals surface area contributed by atoms with Crippen molar-refractivity contribution in [3.63, 3.8) is 0 Å². The summed E-state index contributed by atoms with van der Waals surface area (Å²) in [6, 6.07) is 2.70. The molecule has 3 heterocycles. The van der Waals surface area contributed by atoms with Crippen molar-refractivity contribution in [1.29, 1.82) is 0 Å². The van der Waals surface area contributed by atoms with Crippen molar-refractivity contribution in [2.24, 2.45) is 0 Å². The van der Waals surface area contributed by atoms with E-state index in [-0.39, 0.29) is 30.3 Å². The predicted octanol–water partition coefficient (Wildman–Crippen LogP) is -0.699. The summed E-state index contributed by atoms with van der Waals surface area (Å²) in [6.45, 7) is 0.571. The second-order valence-electron chi connectivity index (χ2n) is 5.25. The van der Waals surface area contributed by atoms with Crippen LogP contribution < -0.4 is 10.6 Å². The van der Waals surface area contributed by atoms with E-state index in [9.17, 15) is 14.4 Å². The molecule has 3 amide bonds. The van der Waals surface area contributed by atoms with Gasteiger partial charge in [0.05, 0.1) is 6.54 Å². The highest BCUT2D eigenvalue weighted by Crippen LogP contribution is 2.20. The van der Waals surface area contributed by atoms with Gasteiger partial charge in [-0.3, -0.25) is 19.4 Å². The van der Waals surface area contributed by atoms with Gasteiger partial charge in [0, 0.05) is 30.5 Å². The molecule has 0 aliphatic carbocycles. The number of hydrogen-bond acceptors (Lipinski definition) is 4. The van der Waals surface area contributed by atoms with Crippen LogP contribution in [0, 0.1) is 0 Å². The van der Waals surface area contributed by atoms with Crippen molar-refractivity contribution < 1.29 is 14.4 Å². The van der Waals surface area contributed by atoms with Gasteiger partial charge in [-0.15, -0.1) is 0 Å². The summed E-state index contributed by atoms with van der Waals surface area (Å²) >= 11 is 0. The molecule has 2 aliphatic rings. The molecule has 0 radical (unpaired) electrons. The summed E-state index contributed by atoms with van der Waals surface area (Å²) < 4.78 is 0. The predicted molar refractivity (Wildman–Crippen MR) is 73.2 cm³/mol. The van der Waals surface area contributed by atoms with Gasteiger partial charge < -0.3 is 15.5 Å². The minimum Gasteiger partial charge on any atom is -0.349 e. The molecule has 0 aromatic carbocycles. The number of hydrogen-bond donors (Lipinski definition) is 2. The van der Waals surface area contributed by atoms with E-state index >= 15 is 0 Å². The number of piperazine rings is 1. The first kappa shape index (κ1) is 13.5. The van der Waals surface area contributed by atoms with Crippen LogP contribution in [0.15, 0.2) is 24.5 Å². The summed E-state index contributed by atoms with van der Waals surface area (Å²) in [5.41, 5.74) is 0.539. The van der Waals surface area contributed by atoms with Crippen LogP contribution >= 0.6 is 0 Å². The summed E-state index contributed by atoms with van der Waals surface area (Å²) in [4.78, 5) is 41.2. The van der Waals surface area contributed by atoms with Crippen molar-refractivity contribution in [2.75, 3.05) is 13.1 Å². The molecule has 2 N–H and O–H groups in total. The summed E-state index contributed by atoms with van der Waals surface area (Å²) in [5.74, 6) is -0.380. The van der Waals surface area contributed by atoms with Crippen molar-refractivity contribution in [3.05, 3.63) is 30.1 Å². The first-order valence-corrected chi connectivity index (χ1v) is 6.93. The first-order valence-electron chi connectivity index (χ1n) is 6.93. The van der Waals surface area contributed by atoms with E-state index in [0.717, 1.165) is 0 Å². The third-order valence-corrected chi connectivity index (χ3v) is 3.92. The minimum absolute atomic E-state index is 0.0569. The molecular weight excluding hydrogens is 272 g/mol. The molecule has 0 unspecified atom stereocenters. The third-order valence-electron chi connectivity index (χ3n) is 3.92. The lowest BCUT2D eigenvalue weighted by atomic mass is 9.94. The Kier molecular flexibility index (Phi) is 3.55. The van der Waals surface area contributed by atoms with E-state index in [2.05, 4.69) is 15.6 Å². The lowest BCUT2D eigenvalue weighted by molar-refractivity contribution is -0.147. The number of amides is 3. The fraction of sp³-hybridized carbons (Fsp3) is 0.429. The van der Waals surface area contributed by atoms with Gasteiger partial charge in [0.2, 0.25) is 11.8 Å². The third kappa shape index (κ3) is 2.72. The molecule has 21 heavy (non-hydrogen) atoms. The Morgan fingerprint density at radius 2 is 2.10 bits per heavy atom. The molecule has 0 spiro atoms. The quantitative estimate of drug-likeness (QED) is 0.753. The molecule has 110 valence electrons. The molecule has 2 fully saturated rings. The molecule has 1 aromatic heterocycles. The van der Waals surface area contributed by atoms with E-state index in [0.29, 0.717) is 24.9 Å². The largest absolute Gasteiger partial charge is 0.349 e. The Morgan fingerprint density at radius 3 is 2.86 bits per heavy atom. The molecule has 0 saturated carbocycles. The fourth-order valence-corrected chi connectivity index (χ4v) is 2.80. The van der Waals surface area contributed by atoms with Crippen LogP contribution in [-0.2, 0) is 9.59 Å². The minimum atomic E-state index is -0.470. The Bertz CT molecular complexity index is 575. The molecule has 2 saturated heterocycles.